The Balaban J connectivity index is 1.48. The van der Waals surface area contributed by atoms with Crippen molar-refractivity contribution in [3.05, 3.63) is 59.1 Å². The van der Waals surface area contributed by atoms with Gasteiger partial charge in [0.2, 0.25) is 0 Å². The number of rotatable bonds is 12. The third-order valence-corrected chi connectivity index (χ3v) is 4.26. The zero-order chi connectivity index (χ0) is 19.3. The first-order valence-electron chi connectivity index (χ1n) is 9.47. The van der Waals surface area contributed by atoms with E-state index < -0.39 is 0 Å². The first-order chi connectivity index (χ1) is 13.2. The van der Waals surface area contributed by atoms with Gasteiger partial charge in [-0.1, -0.05) is 30.9 Å². The Morgan fingerprint density at radius 3 is 1.78 bits per heavy atom. The molecular formula is C22H27ClO4. The SMILES string of the molecule is CCOC(=O)c1ccc(OCCCCCCCOc2ccc(Cl)cc2)cc1. The van der Waals surface area contributed by atoms with E-state index >= 15 is 0 Å². The molecule has 146 valence electrons. The van der Waals surface area contributed by atoms with Crippen LogP contribution in [0.25, 0.3) is 0 Å². The van der Waals surface area contributed by atoms with Crippen molar-refractivity contribution < 1.29 is 19.0 Å². The van der Waals surface area contributed by atoms with Gasteiger partial charge in [0, 0.05) is 5.02 Å². The van der Waals surface area contributed by atoms with Crippen molar-refractivity contribution in [1.29, 1.82) is 0 Å². The van der Waals surface area contributed by atoms with E-state index in [0.29, 0.717) is 18.8 Å². The molecule has 0 saturated carbocycles. The molecule has 0 aliphatic rings. The summed E-state index contributed by atoms with van der Waals surface area (Å²) in [6.45, 7) is 3.58. The van der Waals surface area contributed by atoms with Gasteiger partial charge in [-0.05, 0) is 68.3 Å². The summed E-state index contributed by atoms with van der Waals surface area (Å²) in [5, 5.41) is 0.722. The minimum atomic E-state index is -0.302. The lowest BCUT2D eigenvalue weighted by atomic mass is 10.1. The van der Waals surface area contributed by atoms with Crippen LogP contribution >= 0.6 is 11.6 Å². The summed E-state index contributed by atoms with van der Waals surface area (Å²) in [7, 11) is 0. The molecular weight excluding hydrogens is 364 g/mol. The smallest absolute Gasteiger partial charge is 0.338 e. The highest BCUT2D eigenvalue weighted by atomic mass is 35.5. The van der Waals surface area contributed by atoms with Crippen molar-refractivity contribution in [2.45, 2.75) is 39.0 Å². The number of unbranched alkanes of at least 4 members (excludes halogenated alkanes) is 4. The molecule has 0 bridgehead atoms. The standard InChI is InChI=1S/C22H27ClO4/c1-2-25-22(24)18-8-12-20(13-9-18)26-16-6-4-3-5-7-17-27-21-14-10-19(23)11-15-21/h8-15H,2-7,16-17H2,1H3. The molecule has 0 heterocycles. The lowest BCUT2D eigenvalue weighted by Gasteiger charge is -2.08. The Hall–Kier alpha value is -2.20. The van der Waals surface area contributed by atoms with Gasteiger partial charge in [-0.3, -0.25) is 0 Å². The predicted molar refractivity (Wildman–Crippen MR) is 108 cm³/mol. The highest BCUT2D eigenvalue weighted by Crippen LogP contribution is 2.16. The molecule has 0 unspecified atom stereocenters. The molecule has 2 aromatic carbocycles. The second kappa shape index (κ2) is 12.2. The number of benzene rings is 2. The Morgan fingerprint density at radius 2 is 1.26 bits per heavy atom. The second-order valence-electron chi connectivity index (χ2n) is 6.16. The Morgan fingerprint density at radius 1 is 0.778 bits per heavy atom. The van der Waals surface area contributed by atoms with Gasteiger partial charge in [-0.2, -0.15) is 0 Å². The molecule has 0 radical (unpaired) electrons. The van der Waals surface area contributed by atoms with Crippen LogP contribution in [0.5, 0.6) is 11.5 Å². The Labute approximate surface area is 166 Å². The third kappa shape index (κ3) is 8.35. The molecule has 0 saturated heterocycles. The summed E-state index contributed by atoms with van der Waals surface area (Å²) >= 11 is 5.84. The number of ether oxygens (including phenoxy) is 3. The normalized spacial score (nSPS) is 10.4. The Kier molecular flexibility index (Phi) is 9.56. The van der Waals surface area contributed by atoms with Crippen LogP contribution in [0.1, 0.15) is 49.4 Å². The lowest BCUT2D eigenvalue weighted by Crippen LogP contribution is -2.04. The van der Waals surface area contributed by atoms with Crippen LogP contribution in [0.15, 0.2) is 48.5 Å². The van der Waals surface area contributed by atoms with Gasteiger partial charge in [-0.25, -0.2) is 4.79 Å². The van der Waals surface area contributed by atoms with E-state index in [9.17, 15) is 4.79 Å². The summed E-state index contributed by atoms with van der Waals surface area (Å²) in [4.78, 5) is 11.6. The van der Waals surface area contributed by atoms with E-state index in [-0.39, 0.29) is 5.97 Å². The number of carbonyl (C=O) groups excluding carboxylic acids is 1. The van der Waals surface area contributed by atoms with E-state index in [1.165, 1.54) is 0 Å². The average molecular weight is 391 g/mol. The van der Waals surface area contributed by atoms with E-state index in [0.717, 1.165) is 55.2 Å². The predicted octanol–water partition coefficient (Wildman–Crippen LogP) is 5.93. The fourth-order valence-corrected chi connectivity index (χ4v) is 2.67. The maximum absolute atomic E-state index is 11.6. The molecule has 27 heavy (non-hydrogen) atoms. The van der Waals surface area contributed by atoms with Crippen LogP contribution in [0.3, 0.4) is 0 Å². The lowest BCUT2D eigenvalue weighted by molar-refractivity contribution is 0.0526. The van der Waals surface area contributed by atoms with Gasteiger partial charge in [0.1, 0.15) is 11.5 Å². The van der Waals surface area contributed by atoms with Crippen LogP contribution < -0.4 is 9.47 Å². The van der Waals surface area contributed by atoms with Crippen molar-refractivity contribution in [2.75, 3.05) is 19.8 Å². The molecule has 5 heteroatoms. The van der Waals surface area contributed by atoms with Crippen molar-refractivity contribution >= 4 is 17.6 Å². The summed E-state index contributed by atoms with van der Waals surface area (Å²) in [5.74, 6) is 1.34. The average Bonchev–Trinajstić information content (AvgIpc) is 2.69. The number of carbonyl (C=O) groups is 1. The number of esters is 1. The summed E-state index contributed by atoms with van der Waals surface area (Å²) in [5.41, 5.74) is 0.546. The first-order valence-corrected chi connectivity index (χ1v) is 9.85. The zero-order valence-corrected chi connectivity index (χ0v) is 16.5. The van der Waals surface area contributed by atoms with E-state index in [1.807, 2.05) is 24.3 Å². The van der Waals surface area contributed by atoms with Crippen LogP contribution in [0.4, 0.5) is 0 Å². The van der Waals surface area contributed by atoms with Gasteiger partial charge in [0.25, 0.3) is 0 Å². The molecule has 0 aliphatic carbocycles. The zero-order valence-electron chi connectivity index (χ0n) is 15.8. The molecule has 0 aromatic heterocycles. The third-order valence-electron chi connectivity index (χ3n) is 4.01. The van der Waals surface area contributed by atoms with E-state index in [2.05, 4.69) is 0 Å². The van der Waals surface area contributed by atoms with Crippen molar-refractivity contribution in [2.24, 2.45) is 0 Å². The number of halogens is 1. The molecule has 4 nitrogen and oxygen atoms in total. The molecule has 0 amide bonds. The molecule has 0 spiro atoms. The highest BCUT2D eigenvalue weighted by Gasteiger charge is 2.05. The fourth-order valence-electron chi connectivity index (χ4n) is 2.55. The van der Waals surface area contributed by atoms with E-state index in [4.69, 9.17) is 25.8 Å². The highest BCUT2D eigenvalue weighted by molar-refractivity contribution is 6.30. The summed E-state index contributed by atoms with van der Waals surface area (Å²) < 4.78 is 16.3. The summed E-state index contributed by atoms with van der Waals surface area (Å²) in [6, 6.07) is 14.5. The fraction of sp³-hybridized carbons (Fsp3) is 0.409. The molecule has 2 rings (SSSR count). The van der Waals surface area contributed by atoms with Gasteiger partial charge in [-0.15, -0.1) is 0 Å². The van der Waals surface area contributed by atoms with Crippen LogP contribution in [-0.4, -0.2) is 25.8 Å². The van der Waals surface area contributed by atoms with Gasteiger partial charge >= 0.3 is 5.97 Å². The maximum Gasteiger partial charge on any atom is 0.338 e. The minimum absolute atomic E-state index is 0.302. The quantitative estimate of drug-likeness (QED) is 0.333. The van der Waals surface area contributed by atoms with Crippen molar-refractivity contribution in [3.63, 3.8) is 0 Å². The molecule has 0 aliphatic heterocycles. The second-order valence-corrected chi connectivity index (χ2v) is 6.60. The molecule has 0 atom stereocenters. The maximum atomic E-state index is 11.6. The Bertz CT molecular complexity index is 668. The summed E-state index contributed by atoms with van der Waals surface area (Å²) in [6.07, 6.45) is 5.48. The number of hydrogen-bond donors (Lipinski definition) is 0. The first kappa shape index (κ1) is 21.1. The monoisotopic (exact) mass is 390 g/mol. The van der Waals surface area contributed by atoms with Crippen molar-refractivity contribution in [1.82, 2.24) is 0 Å². The van der Waals surface area contributed by atoms with Gasteiger partial charge < -0.3 is 14.2 Å². The van der Waals surface area contributed by atoms with Crippen molar-refractivity contribution in [3.8, 4) is 11.5 Å². The van der Waals surface area contributed by atoms with Crippen LogP contribution in [-0.2, 0) is 4.74 Å². The number of hydrogen-bond acceptors (Lipinski definition) is 4. The topological polar surface area (TPSA) is 44.8 Å². The molecule has 0 fully saturated rings. The minimum Gasteiger partial charge on any atom is -0.494 e. The van der Waals surface area contributed by atoms with Crippen LogP contribution in [0, 0.1) is 0 Å². The molecule has 0 N–H and O–H groups in total. The van der Waals surface area contributed by atoms with E-state index in [1.54, 1.807) is 31.2 Å². The van der Waals surface area contributed by atoms with Gasteiger partial charge in [0.05, 0.1) is 25.4 Å². The van der Waals surface area contributed by atoms with Crippen LogP contribution in [0.2, 0.25) is 5.02 Å². The molecule has 2 aromatic rings. The van der Waals surface area contributed by atoms with Gasteiger partial charge in [0.15, 0.2) is 0 Å². The largest absolute Gasteiger partial charge is 0.494 e.